The molecule has 0 atom stereocenters. The molecule has 0 saturated heterocycles. The normalized spacial score (nSPS) is 10.6. The first kappa shape index (κ1) is 16.6. The number of nitrogens with zero attached hydrogens (tertiary/aromatic N) is 2. The van der Waals surface area contributed by atoms with E-state index < -0.39 is 11.9 Å². The van der Waals surface area contributed by atoms with Crippen molar-refractivity contribution >= 4 is 17.6 Å². The van der Waals surface area contributed by atoms with Gasteiger partial charge in [-0.2, -0.15) is 0 Å². The van der Waals surface area contributed by atoms with Gasteiger partial charge in [0.2, 0.25) is 0 Å². The molecule has 0 aliphatic heterocycles. The quantitative estimate of drug-likeness (QED) is 0.855. The molecule has 0 radical (unpaired) electrons. The van der Waals surface area contributed by atoms with Gasteiger partial charge in [-0.15, -0.1) is 0 Å². The highest BCUT2D eigenvalue weighted by Crippen LogP contribution is 2.19. The molecule has 6 nitrogen and oxygen atoms in total. The maximum absolute atomic E-state index is 12.2. The Morgan fingerprint density at radius 1 is 1.13 bits per heavy atom. The van der Waals surface area contributed by atoms with Gasteiger partial charge in [-0.25, -0.2) is 14.8 Å². The molecule has 0 fully saturated rings. The van der Waals surface area contributed by atoms with E-state index in [9.17, 15) is 9.59 Å². The lowest BCUT2D eigenvalue weighted by molar-refractivity contribution is 0.0689. The van der Waals surface area contributed by atoms with Crippen LogP contribution in [-0.4, -0.2) is 27.0 Å². The van der Waals surface area contributed by atoms with Crippen LogP contribution in [0, 0.1) is 5.92 Å². The summed E-state index contributed by atoms with van der Waals surface area (Å²) in [4.78, 5) is 30.5. The molecule has 2 rings (SSSR count). The molecule has 1 amide bonds. The number of aromatic nitrogens is 2. The summed E-state index contributed by atoms with van der Waals surface area (Å²) in [5, 5.41) is 11.6. The molecule has 23 heavy (non-hydrogen) atoms. The first-order chi connectivity index (χ1) is 11.0. The number of hydrogen-bond donors (Lipinski definition) is 2. The van der Waals surface area contributed by atoms with Crippen molar-refractivity contribution in [2.45, 2.75) is 26.7 Å². The van der Waals surface area contributed by atoms with Crippen LogP contribution in [0.25, 0.3) is 0 Å². The highest BCUT2D eigenvalue weighted by molar-refractivity contribution is 6.03. The second-order valence-corrected chi connectivity index (χ2v) is 5.64. The number of aromatic carboxylic acids is 1. The van der Waals surface area contributed by atoms with Gasteiger partial charge < -0.3 is 10.4 Å². The van der Waals surface area contributed by atoms with Gasteiger partial charge in [0.25, 0.3) is 5.91 Å². The average Bonchev–Trinajstić information content (AvgIpc) is 2.54. The van der Waals surface area contributed by atoms with Crippen molar-refractivity contribution < 1.29 is 14.7 Å². The summed E-state index contributed by atoms with van der Waals surface area (Å²) >= 11 is 0. The van der Waals surface area contributed by atoms with Gasteiger partial charge >= 0.3 is 5.97 Å². The SMILES string of the molecule is CC(C)CCc1ccccc1NC(=O)c1cnc(C(=O)O)cn1. The average molecular weight is 313 g/mol. The summed E-state index contributed by atoms with van der Waals surface area (Å²) in [6.45, 7) is 4.31. The van der Waals surface area contributed by atoms with Crippen molar-refractivity contribution in [1.82, 2.24) is 9.97 Å². The minimum absolute atomic E-state index is 0.0775. The Hall–Kier alpha value is -2.76. The Kier molecular flexibility index (Phi) is 5.41. The molecule has 1 aromatic heterocycles. The number of carboxylic acid groups (broad SMARTS) is 1. The summed E-state index contributed by atoms with van der Waals surface area (Å²) in [6, 6.07) is 7.62. The van der Waals surface area contributed by atoms with Crippen LogP contribution < -0.4 is 5.32 Å². The number of aryl methyl sites for hydroxylation is 1. The lowest BCUT2D eigenvalue weighted by Crippen LogP contribution is -2.16. The third-order valence-corrected chi connectivity index (χ3v) is 3.36. The molecule has 1 aromatic carbocycles. The van der Waals surface area contributed by atoms with Crippen molar-refractivity contribution in [3.05, 3.63) is 53.6 Å². The van der Waals surface area contributed by atoms with Crippen LogP contribution in [0.4, 0.5) is 5.69 Å². The fraction of sp³-hybridized carbons (Fsp3) is 0.294. The molecule has 0 aliphatic carbocycles. The molecular formula is C17H19N3O3. The van der Waals surface area contributed by atoms with E-state index in [-0.39, 0.29) is 11.4 Å². The smallest absolute Gasteiger partial charge is 0.356 e. The zero-order chi connectivity index (χ0) is 16.8. The highest BCUT2D eigenvalue weighted by Gasteiger charge is 2.12. The lowest BCUT2D eigenvalue weighted by Gasteiger charge is -2.12. The summed E-state index contributed by atoms with van der Waals surface area (Å²) in [7, 11) is 0. The fourth-order valence-corrected chi connectivity index (χ4v) is 2.05. The molecule has 0 aliphatic rings. The number of hydrogen-bond acceptors (Lipinski definition) is 4. The van der Waals surface area contributed by atoms with E-state index in [0.29, 0.717) is 5.92 Å². The van der Waals surface area contributed by atoms with Gasteiger partial charge in [-0.1, -0.05) is 32.0 Å². The first-order valence-corrected chi connectivity index (χ1v) is 7.42. The van der Waals surface area contributed by atoms with Gasteiger partial charge in [-0.05, 0) is 30.4 Å². The lowest BCUT2D eigenvalue weighted by atomic mass is 10.0. The van der Waals surface area contributed by atoms with Crippen LogP contribution in [-0.2, 0) is 6.42 Å². The van der Waals surface area contributed by atoms with Crippen LogP contribution in [0.2, 0.25) is 0 Å². The molecule has 0 unspecified atom stereocenters. The van der Waals surface area contributed by atoms with Gasteiger partial charge in [-0.3, -0.25) is 4.79 Å². The maximum Gasteiger partial charge on any atom is 0.356 e. The zero-order valence-corrected chi connectivity index (χ0v) is 13.1. The van der Waals surface area contributed by atoms with Gasteiger partial charge in [0.1, 0.15) is 5.69 Å². The van der Waals surface area contributed by atoms with E-state index in [1.807, 2.05) is 24.3 Å². The van der Waals surface area contributed by atoms with Gasteiger partial charge in [0.05, 0.1) is 12.4 Å². The third kappa shape index (κ3) is 4.60. The second-order valence-electron chi connectivity index (χ2n) is 5.64. The summed E-state index contributed by atoms with van der Waals surface area (Å²) in [5.41, 5.74) is 1.68. The number of benzene rings is 1. The molecule has 0 saturated carbocycles. The first-order valence-electron chi connectivity index (χ1n) is 7.42. The standard InChI is InChI=1S/C17H19N3O3/c1-11(2)7-8-12-5-3-4-6-13(12)20-16(21)14-9-19-15(10-18-14)17(22)23/h3-6,9-11H,7-8H2,1-2H3,(H,20,21)(H,22,23). The Bertz CT molecular complexity index is 696. The number of para-hydroxylation sites is 1. The number of nitrogens with one attached hydrogen (secondary N) is 1. The maximum atomic E-state index is 12.2. The molecule has 120 valence electrons. The van der Waals surface area contributed by atoms with E-state index >= 15 is 0 Å². The van der Waals surface area contributed by atoms with E-state index in [0.717, 1.165) is 36.5 Å². The van der Waals surface area contributed by atoms with E-state index in [2.05, 4.69) is 29.1 Å². The molecule has 0 spiro atoms. The molecule has 6 heteroatoms. The summed E-state index contributed by atoms with van der Waals surface area (Å²) < 4.78 is 0. The third-order valence-electron chi connectivity index (χ3n) is 3.36. The summed E-state index contributed by atoms with van der Waals surface area (Å²) in [5.74, 6) is -1.01. The topological polar surface area (TPSA) is 92.2 Å². The molecule has 0 bridgehead atoms. The van der Waals surface area contributed by atoms with Crippen molar-refractivity contribution in [3.8, 4) is 0 Å². The molecular weight excluding hydrogens is 294 g/mol. The number of anilines is 1. The van der Waals surface area contributed by atoms with E-state index in [1.54, 1.807) is 0 Å². The predicted octanol–water partition coefficient (Wildman–Crippen LogP) is 3.02. The number of carbonyl (C=O) groups is 2. The number of amides is 1. The van der Waals surface area contributed by atoms with Crippen LogP contribution in [0.15, 0.2) is 36.7 Å². The van der Waals surface area contributed by atoms with Crippen LogP contribution in [0.5, 0.6) is 0 Å². The molecule has 2 aromatic rings. The highest BCUT2D eigenvalue weighted by atomic mass is 16.4. The van der Waals surface area contributed by atoms with Crippen molar-refractivity contribution in [2.24, 2.45) is 5.92 Å². The Morgan fingerprint density at radius 3 is 2.39 bits per heavy atom. The van der Waals surface area contributed by atoms with Crippen molar-refractivity contribution in [2.75, 3.05) is 5.32 Å². The Morgan fingerprint density at radius 2 is 1.78 bits per heavy atom. The number of carboxylic acids is 1. The van der Waals surface area contributed by atoms with Gasteiger partial charge in [0.15, 0.2) is 5.69 Å². The van der Waals surface area contributed by atoms with Crippen LogP contribution >= 0.6 is 0 Å². The largest absolute Gasteiger partial charge is 0.476 e. The monoisotopic (exact) mass is 313 g/mol. The number of carbonyl (C=O) groups excluding carboxylic acids is 1. The van der Waals surface area contributed by atoms with Crippen molar-refractivity contribution in [3.63, 3.8) is 0 Å². The fourth-order valence-electron chi connectivity index (χ4n) is 2.05. The number of rotatable bonds is 6. The molecule has 1 heterocycles. The second kappa shape index (κ2) is 7.49. The minimum atomic E-state index is -1.18. The Labute approximate surface area is 134 Å². The van der Waals surface area contributed by atoms with E-state index in [4.69, 9.17) is 5.11 Å². The van der Waals surface area contributed by atoms with Crippen LogP contribution in [0.3, 0.4) is 0 Å². The summed E-state index contributed by atoms with van der Waals surface area (Å²) in [6.07, 6.45) is 4.13. The zero-order valence-electron chi connectivity index (χ0n) is 13.1. The Balaban J connectivity index is 2.12. The van der Waals surface area contributed by atoms with Gasteiger partial charge in [0, 0.05) is 5.69 Å². The minimum Gasteiger partial charge on any atom is -0.476 e. The van der Waals surface area contributed by atoms with E-state index in [1.165, 1.54) is 0 Å². The molecule has 2 N–H and O–H groups in total. The van der Waals surface area contributed by atoms with Crippen LogP contribution in [0.1, 0.15) is 46.8 Å². The van der Waals surface area contributed by atoms with Crippen molar-refractivity contribution in [1.29, 1.82) is 0 Å². The predicted molar refractivity (Wildman–Crippen MR) is 86.5 cm³/mol.